The number of allylic oxidation sites excluding steroid dienone is 1. The Kier molecular flexibility index (Phi) is 3.36. The summed E-state index contributed by atoms with van der Waals surface area (Å²) < 4.78 is 5.48. The van der Waals surface area contributed by atoms with Crippen molar-refractivity contribution in [2.75, 3.05) is 0 Å². The molecule has 0 unspecified atom stereocenters. The number of ether oxygens (including phenoxy) is 1. The molecule has 4 aliphatic carbocycles. The maximum Gasteiger partial charge on any atom is 0.338 e. The predicted octanol–water partition coefficient (Wildman–Crippen LogP) is 4.75. The van der Waals surface area contributed by atoms with Gasteiger partial charge in [0.25, 0.3) is 0 Å². The van der Waals surface area contributed by atoms with Crippen molar-refractivity contribution >= 4 is 5.97 Å². The Morgan fingerprint density at radius 2 is 1.59 bits per heavy atom. The largest absolute Gasteiger partial charge is 0.423 e. The second kappa shape index (κ2) is 5.26. The summed E-state index contributed by atoms with van der Waals surface area (Å²) in [6.45, 7) is 1.92. The zero-order valence-electron chi connectivity index (χ0n) is 13.3. The molecule has 0 amide bonds. The van der Waals surface area contributed by atoms with Gasteiger partial charge in [0, 0.05) is 5.57 Å². The van der Waals surface area contributed by atoms with Crippen LogP contribution in [0.25, 0.3) is 0 Å². The van der Waals surface area contributed by atoms with Gasteiger partial charge in [0.1, 0.15) is 5.75 Å². The zero-order valence-corrected chi connectivity index (χ0v) is 13.3. The zero-order chi connectivity index (χ0) is 15.2. The van der Waals surface area contributed by atoms with E-state index in [0.29, 0.717) is 5.75 Å². The molecule has 0 aliphatic heterocycles. The molecule has 1 aromatic rings. The fraction of sp³-hybridized carbons (Fsp3) is 0.550. The molecule has 4 aliphatic rings. The Hall–Kier alpha value is -1.57. The molecule has 0 heterocycles. The second-order valence-electron chi connectivity index (χ2n) is 7.81. The summed E-state index contributed by atoms with van der Waals surface area (Å²) in [5.41, 5.74) is 1.07. The lowest BCUT2D eigenvalue weighted by Crippen LogP contribution is -2.45. The summed E-state index contributed by atoms with van der Waals surface area (Å²) in [6.07, 6.45) is 10.4. The highest BCUT2D eigenvalue weighted by molar-refractivity contribution is 5.89. The molecule has 116 valence electrons. The Morgan fingerprint density at radius 1 is 1.05 bits per heavy atom. The van der Waals surface area contributed by atoms with Gasteiger partial charge in [-0.15, -0.1) is 0 Å². The summed E-state index contributed by atoms with van der Waals surface area (Å²) in [7, 11) is 0. The molecule has 0 aromatic heterocycles. The van der Waals surface area contributed by atoms with Crippen molar-refractivity contribution in [1.29, 1.82) is 0 Å². The lowest BCUT2D eigenvalue weighted by molar-refractivity contribution is -0.130. The maximum atomic E-state index is 12.3. The normalized spacial score (nSPS) is 36.4. The van der Waals surface area contributed by atoms with Crippen LogP contribution >= 0.6 is 0 Å². The van der Waals surface area contributed by atoms with Crippen molar-refractivity contribution in [3.8, 4) is 5.75 Å². The fourth-order valence-corrected chi connectivity index (χ4v) is 5.55. The quantitative estimate of drug-likeness (QED) is 0.457. The van der Waals surface area contributed by atoms with Gasteiger partial charge < -0.3 is 4.74 Å². The van der Waals surface area contributed by atoms with E-state index in [-0.39, 0.29) is 11.4 Å². The van der Waals surface area contributed by atoms with Gasteiger partial charge in [0.2, 0.25) is 0 Å². The van der Waals surface area contributed by atoms with E-state index in [2.05, 4.69) is 6.08 Å². The van der Waals surface area contributed by atoms with Gasteiger partial charge in [-0.05, 0) is 80.8 Å². The standard InChI is InChI=1S/C20H24O2/c1-14(19(21)22-18-5-3-2-4-6-18)10-20-11-15-7-16(12-20)9-17(8-15)13-20/h2-6,10,15-17H,7-9,11-13H2,1H3. The SMILES string of the molecule is CC(=CC12CC3CC(CC(C3)C1)C2)C(=O)Oc1ccccc1. The Balaban J connectivity index is 1.51. The molecule has 4 bridgehead atoms. The van der Waals surface area contributed by atoms with Crippen LogP contribution < -0.4 is 4.74 Å². The molecule has 2 nitrogen and oxygen atoms in total. The third-order valence-electron chi connectivity index (χ3n) is 5.88. The minimum Gasteiger partial charge on any atom is -0.423 e. The summed E-state index contributed by atoms with van der Waals surface area (Å²) in [5.74, 6) is 3.15. The van der Waals surface area contributed by atoms with Gasteiger partial charge in [0.15, 0.2) is 0 Å². The topological polar surface area (TPSA) is 26.3 Å². The summed E-state index contributed by atoms with van der Waals surface area (Å²) >= 11 is 0. The molecule has 0 radical (unpaired) electrons. The Bertz CT molecular complexity index is 564. The molecule has 4 fully saturated rings. The molecule has 2 heteroatoms. The molecule has 22 heavy (non-hydrogen) atoms. The third kappa shape index (κ3) is 2.60. The monoisotopic (exact) mass is 296 g/mol. The number of para-hydroxylation sites is 1. The highest BCUT2D eigenvalue weighted by Crippen LogP contribution is 2.60. The van der Waals surface area contributed by atoms with Crippen LogP contribution in [0.1, 0.15) is 45.4 Å². The van der Waals surface area contributed by atoms with E-state index in [0.717, 1.165) is 23.3 Å². The third-order valence-corrected chi connectivity index (χ3v) is 5.88. The highest BCUT2D eigenvalue weighted by atomic mass is 16.5. The molecular weight excluding hydrogens is 272 g/mol. The molecular formula is C20H24O2. The van der Waals surface area contributed by atoms with E-state index in [1.807, 2.05) is 37.3 Å². The lowest BCUT2D eigenvalue weighted by Gasteiger charge is -2.56. The molecule has 5 rings (SSSR count). The van der Waals surface area contributed by atoms with E-state index in [1.165, 1.54) is 38.5 Å². The van der Waals surface area contributed by atoms with Crippen LogP contribution in [0.2, 0.25) is 0 Å². The summed E-state index contributed by atoms with van der Waals surface area (Å²) in [4.78, 5) is 12.3. The van der Waals surface area contributed by atoms with Crippen molar-refractivity contribution in [3.05, 3.63) is 42.0 Å². The smallest absolute Gasteiger partial charge is 0.338 e. The van der Waals surface area contributed by atoms with Crippen molar-refractivity contribution in [2.24, 2.45) is 23.2 Å². The lowest BCUT2D eigenvalue weighted by atomic mass is 9.49. The Morgan fingerprint density at radius 3 is 2.14 bits per heavy atom. The Labute approximate surface area is 132 Å². The average molecular weight is 296 g/mol. The molecule has 0 saturated heterocycles. The number of carbonyl (C=O) groups is 1. The number of hydrogen-bond donors (Lipinski definition) is 0. The van der Waals surface area contributed by atoms with Gasteiger partial charge in [-0.2, -0.15) is 0 Å². The first kappa shape index (κ1) is 14.0. The minimum atomic E-state index is -0.193. The molecule has 0 N–H and O–H groups in total. The molecule has 0 atom stereocenters. The number of esters is 1. The summed E-state index contributed by atoms with van der Waals surface area (Å²) in [5, 5.41) is 0. The van der Waals surface area contributed by atoms with Gasteiger partial charge in [-0.1, -0.05) is 24.3 Å². The van der Waals surface area contributed by atoms with Gasteiger partial charge in [-0.25, -0.2) is 4.79 Å². The van der Waals surface area contributed by atoms with E-state index >= 15 is 0 Å². The first-order valence-electron chi connectivity index (χ1n) is 8.59. The average Bonchev–Trinajstić information content (AvgIpc) is 2.46. The number of hydrogen-bond acceptors (Lipinski definition) is 2. The van der Waals surface area contributed by atoms with E-state index in [4.69, 9.17) is 4.74 Å². The van der Waals surface area contributed by atoms with Gasteiger partial charge in [-0.3, -0.25) is 0 Å². The van der Waals surface area contributed by atoms with E-state index in [9.17, 15) is 4.79 Å². The summed E-state index contributed by atoms with van der Waals surface area (Å²) in [6, 6.07) is 9.36. The minimum absolute atomic E-state index is 0.193. The van der Waals surface area contributed by atoms with Crippen LogP contribution in [0.5, 0.6) is 5.75 Å². The highest BCUT2D eigenvalue weighted by Gasteiger charge is 2.49. The molecule has 0 spiro atoms. The first-order chi connectivity index (χ1) is 10.6. The van der Waals surface area contributed by atoms with Crippen molar-refractivity contribution in [3.63, 3.8) is 0 Å². The van der Waals surface area contributed by atoms with Crippen molar-refractivity contribution in [1.82, 2.24) is 0 Å². The van der Waals surface area contributed by atoms with E-state index < -0.39 is 0 Å². The van der Waals surface area contributed by atoms with Gasteiger partial charge >= 0.3 is 5.97 Å². The van der Waals surface area contributed by atoms with E-state index in [1.54, 1.807) is 0 Å². The molecule has 4 saturated carbocycles. The first-order valence-corrected chi connectivity index (χ1v) is 8.59. The number of rotatable bonds is 3. The van der Waals surface area contributed by atoms with Crippen LogP contribution in [0.4, 0.5) is 0 Å². The van der Waals surface area contributed by atoms with Crippen LogP contribution in [0.15, 0.2) is 42.0 Å². The molecule has 1 aromatic carbocycles. The van der Waals surface area contributed by atoms with Gasteiger partial charge in [0.05, 0.1) is 0 Å². The van der Waals surface area contributed by atoms with Crippen molar-refractivity contribution in [2.45, 2.75) is 45.4 Å². The maximum absolute atomic E-state index is 12.3. The van der Waals surface area contributed by atoms with Crippen LogP contribution in [-0.4, -0.2) is 5.97 Å². The van der Waals surface area contributed by atoms with Crippen LogP contribution in [-0.2, 0) is 4.79 Å². The second-order valence-corrected chi connectivity index (χ2v) is 7.81. The number of benzene rings is 1. The van der Waals surface area contributed by atoms with Crippen LogP contribution in [0, 0.1) is 23.2 Å². The number of carbonyl (C=O) groups excluding carboxylic acids is 1. The van der Waals surface area contributed by atoms with Crippen LogP contribution in [0.3, 0.4) is 0 Å². The van der Waals surface area contributed by atoms with Crippen molar-refractivity contribution < 1.29 is 9.53 Å². The predicted molar refractivity (Wildman–Crippen MR) is 86.4 cm³/mol. The fourth-order valence-electron chi connectivity index (χ4n) is 5.55.